The minimum absolute atomic E-state index is 0.288. The van der Waals surface area contributed by atoms with Crippen LogP contribution in [0.3, 0.4) is 0 Å². The molecule has 0 aromatic heterocycles. The molecule has 2 aromatic rings. The quantitative estimate of drug-likeness (QED) is 0.778. The molecule has 2 rings (SSSR count). The normalized spacial score (nSPS) is 11.4. The monoisotopic (exact) mass is 335 g/mol. The summed E-state index contributed by atoms with van der Waals surface area (Å²) in [7, 11) is 0. The molecule has 0 aliphatic heterocycles. The number of benzene rings is 2. The van der Waals surface area contributed by atoms with Crippen LogP contribution in [0.2, 0.25) is 5.02 Å². The molecule has 22 heavy (non-hydrogen) atoms. The number of carbonyl (C=O) groups is 1. The molecule has 0 aliphatic rings. The lowest BCUT2D eigenvalue weighted by atomic mass is 10.1. The van der Waals surface area contributed by atoms with Gasteiger partial charge in [0, 0.05) is 5.69 Å². The third-order valence-electron chi connectivity index (χ3n) is 2.72. The molecular weight excluding hydrogens is 329 g/mol. The number of nitrogens with one attached hydrogen (secondary N) is 1. The third kappa shape index (κ3) is 3.36. The van der Waals surface area contributed by atoms with E-state index in [1.165, 1.54) is 0 Å². The lowest BCUT2D eigenvalue weighted by molar-refractivity contribution is -0.137. The zero-order chi connectivity index (χ0) is 16.5. The zero-order valence-corrected chi connectivity index (χ0v) is 11.4. The van der Waals surface area contributed by atoms with Crippen molar-refractivity contribution in [2.75, 3.05) is 5.32 Å². The van der Waals surface area contributed by atoms with Gasteiger partial charge in [0.1, 0.15) is 17.2 Å². The van der Waals surface area contributed by atoms with Gasteiger partial charge < -0.3 is 5.32 Å². The molecule has 0 heterocycles. The van der Waals surface area contributed by atoms with Gasteiger partial charge in [0.2, 0.25) is 0 Å². The molecule has 1 amide bonds. The summed E-state index contributed by atoms with van der Waals surface area (Å²) in [5.41, 5.74) is -2.34. The van der Waals surface area contributed by atoms with E-state index in [9.17, 15) is 26.7 Å². The van der Waals surface area contributed by atoms with Gasteiger partial charge in [-0.15, -0.1) is 0 Å². The van der Waals surface area contributed by atoms with Crippen LogP contribution < -0.4 is 5.32 Å². The van der Waals surface area contributed by atoms with Gasteiger partial charge in [0.25, 0.3) is 5.91 Å². The molecular formula is C14H7ClF5NO. The van der Waals surface area contributed by atoms with E-state index in [4.69, 9.17) is 11.6 Å². The highest BCUT2D eigenvalue weighted by atomic mass is 35.5. The largest absolute Gasteiger partial charge is 0.417 e. The van der Waals surface area contributed by atoms with E-state index in [-0.39, 0.29) is 5.69 Å². The summed E-state index contributed by atoms with van der Waals surface area (Å²) in [4.78, 5) is 11.8. The first kappa shape index (κ1) is 16.2. The zero-order valence-electron chi connectivity index (χ0n) is 10.6. The lowest BCUT2D eigenvalue weighted by Crippen LogP contribution is -2.16. The van der Waals surface area contributed by atoms with Crippen LogP contribution in [0.5, 0.6) is 0 Å². The van der Waals surface area contributed by atoms with Gasteiger partial charge in [0.15, 0.2) is 0 Å². The van der Waals surface area contributed by atoms with Gasteiger partial charge in [-0.05, 0) is 30.3 Å². The van der Waals surface area contributed by atoms with E-state index in [0.717, 1.165) is 30.3 Å². The second kappa shape index (κ2) is 5.92. The summed E-state index contributed by atoms with van der Waals surface area (Å²) in [5.74, 6) is -3.45. The summed E-state index contributed by atoms with van der Waals surface area (Å²) in [5, 5.41) is 1.45. The first-order valence-corrected chi connectivity index (χ1v) is 6.20. The van der Waals surface area contributed by atoms with Crippen LogP contribution in [0, 0.1) is 11.6 Å². The summed E-state index contributed by atoms with van der Waals surface area (Å²) in [6, 6.07) is 5.39. The molecule has 0 radical (unpaired) electrons. The smallest absolute Gasteiger partial charge is 0.322 e. The second-order valence-electron chi connectivity index (χ2n) is 4.24. The minimum Gasteiger partial charge on any atom is -0.322 e. The van der Waals surface area contributed by atoms with Crippen LogP contribution in [0.25, 0.3) is 0 Å². The molecule has 0 spiro atoms. The maximum absolute atomic E-state index is 13.4. The molecule has 116 valence electrons. The van der Waals surface area contributed by atoms with E-state index in [1.807, 2.05) is 5.32 Å². The number of rotatable bonds is 2. The number of hydrogen-bond acceptors (Lipinski definition) is 1. The minimum atomic E-state index is -4.72. The first-order chi connectivity index (χ1) is 10.2. The van der Waals surface area contributed by atoms with Crippen molar-refractivity contribution in [1.29, 1.82) is 0 Å². The fourth-order valence-electron chi connectivity index (χ4n) is 1.73. The molecule has 2 aromatic carbocycles. The van der Waals surface area contributed by atoms with Crippen molar-refractivity contribution < 1.29 is 26.7 Å². The second-order valence-corrected chi connectivity index (χ2v) is 4.65. The van der Waals surface area contributed by atoms with Gasteiger partial charge in [0.05, 0.1) is 10.6 Å². The fraction of sp³-hybridized carbons (Fsp3) is 0.0714. The Bertz CT molecular complexity index is 709. The average molecular weight is 336 g/mol. The van der Waals surface area contributed by atoms with Crippen molar-refractivity contribution in [2.24, 2.45) is 0 Å². The highest BCUT2D eigenvalue weighted by Crippen LogP contribution is 2.36. The molecule has 1 N–H and O–H groups in total. The van der Waals surface area contributed by atoms with Crippen molar-refractivity contribution >= 4 is 23.2 Å². The van der Waals surface area contributed by atoms with Crippen molar-refractivity contribution in [3.63, 3.8) is 0 Å². The maximum Gasteiger partial charge on any atom is 0.417 e. The Morgan fingerprint density at radius 2 is 1.64 bits per heavy atom. The van der Waals surface area contributed by atoms with Gasteiger partial charge in [-0.25, -0.2) is 8.78 Å². The van der Waals surface area contributed by atoms with E-state index in [1.54, 1.807) is 0 Å². The molecule has 0 atom stereocenters. The highest BCUT2D eigenvalue weighted by molar-refractivity contribution is 6.31. The molecule has 2 nitrogen and oxygen atoms in total. The standard InChI is InChI=1S/C14H7ClF5NO/c15-9-5-4-7(6-8(9)14(18,19)20)21-13(22)12-10(16)2-1-3-11(12)17/h1-6H,(H,21,22). The fourth-order valence-corrected chi connectivity index (χ4v) is 1.95. The van der Waals surface area contributed by atoms with E-state index in [2.05, 4.69) is 0 Å². The van der Waals surface area contributed by atoms with E-state index in [0.29, 0.717) is 6.07 Å². The summed E-state index contributed by atoms with van der Waals surface area (Å²) in [6.07, 6.45) is -4.72. The third-order valence-corrected chi connectivity index (χ3v) is 3.05. The molecule has 0 saturated carbocycles. The van der Waals surface area contributed by atoms with Crippen LogP contribution in [-0.4, -0.2) is 5.91 Å². The number of carbonyl (C=O) groups excluding carboxylic acids is 1. The number of anilines is 1. The highest BCUT2D eigenvalue weighted by Gasteiger charge is 2.33. The summed E-state index contributed by atoms with van der Waals surface area (Å²) in [6.45, 7) is 0. The van der Waals surface area contributed by atoms with Gasteiger partial charge >= 0.3 is 6.18 Å². The number of hydrogen-bond donors (Lipinski definition) is 1. The van der Waals surface area contributed by atoms with Crippen LogP contribution in [0.15, 0.2) is 36.4 Å². The van der Waals surface area contributed by atoms with Crippen molar-refractivity contribution in [3.8, 4) is 0 Å². The number of amides is 1. The Morgan fingerprint density at radius 3 is 2.18 bits per heavy atom. The molecule has 0 aliphatic carbocycles. The molecule has 0 fully saturated rings. The lowest BCUT2D eigenvalue weighted by Gasteiger charge is -2.12. The van der Waals surface area contributed by atoms with E-state index < -0.39 is 39.9 Å². The van der Waals surface area contributed by atoms with Crippen molar-refractivity contribution in [1.82, 2.24) is 0 Å². The topological polar surface area (TPSA) is 29.1 Å². The number of alkyl halides is 3. The van der Waals surface area contributed by atoms with Gasteiger partial charge in [-0.3, -0.25) is 4.79 Å². The first-order valence-electron chi connectivity index (χ1n) is 5.82. The van der Waals surface area contributed by atoms with Gasteiger partial charge in [-0.1, -0.05) is 17.7 Å². The van der Waals surface area contributed by atoms with Crippen molar-refractivity contribution in [2.45, 2.75) is 6.18 Å². The van der Waals surface area contributed by atoms with Crippen molar-refractivity contribution in [3.05, 3.63) is 64.2 Å². The molecule has 8 heteroatoms. The molecule has 0 saturated heterocycles. The Balaban J connectivity index is 2.34. The summed E-state index contributed by atoms with van der Waals surface area (Å²) < 4.78 is 65.0. The van der Waals surface area contributed by atoms with Gasteiger partial charge in [-0.2, -0.15) is 13.2 Å². The molecule has 0 bridgehead atoms. The van der Waals surface area contributed by atoms with Crippen LogP contribution >= 0.6 is 11.6 Å². The summed E-state index contributed by atoms with van der Waals surface area (Å²) >= 11 is 5.43. The van der Waals surface area contributed by atoms with Crippen LogP contribution in [0.1, 0.15) is 15.9 Å². The predicted molar refractivity (Wildman–Crippen MR) is 70.8 cm³/mol. The SMILES string of the molecule is O=C(Nc1ccc(Cl)c(C(F)(F)F)c1)c1c(F)cccc1F. The Labute approximate surface area is 126 Å². The maximum atomic E-state index is 13.4. The Hall–Kier alpha value is -2.15. The Morgan fingerprint density at radius 1 is 1.05 bits per heavy atom. The number of halogens is 6. The average Bonchev–Trinajstić information content (AvgIpc) is 2.39. The van der Waals surface area contributed by atoms with E-state index >= 15 is 0 Å². The predicted octanol–water partition coefficient (Wildman–Crippen LogP) is 4.89. The Kier molecular flexibility index (Phi) is 4.37. The van der Waals surface area contributed by atoms with Crippen LogP contribution in [0.4, 0.5) is 27.6 Å². The van der Waals surface area contributed by atoms with Crippen LogP contribution in [-0.2, 0) is 6.18 Å². The molecule has 0 unspecified atom stereocenters.